The molecule has 1 rings (SSSR count). The van der Waals surface area contributed by atoms with Gasteiger partial charge in [-0.2, -0.15) is 0 Å². The Kier molecular flexibility index (Phi) is 3.22. The molecule has 0 spiro atoms. The van der Waals surface area contributed by atoms with Gasteiger partial charge in [-0.1, -0.05) is 6.07 Å². The van der Waals surface area contributed by atoms with Crippen molar-refractivity contribution < 1.29 is 9.53 Å². The number of halogens is 1. The van der Waals surface area contributed by atoms with Gasteiger partial charge in [0, 0.05) is 6.20 Å². The monoisotopic (exact) mass is 229 g/mol. The van der Waals surface area contributed by atoms with Crippen molar-refractivity contribution in [1.82, 2.24) is 4.98 Å². The number of rotatable bonds is 2. The van der Waals surface area contributed by atoms with Gasteiger partial charge >= 0.3 is 5.97 Å². The van der Waals surface area contributed by atoms with Crippen LogP contribution in [0.1, 0.15) is 5.56 Å². The molecule has 0 amide bonds. The van der Waals surface area contributed by atoms with E-state index >= 15 is 0 Å². The van der Waals surface area contributed by atoms with Crippen LogP contribution in [0, 0.1) is 0 Å². The smallest absolute Gasteiger partial charge is 0.310 e. The first-order valence-electron chi connectivity index (χ1n) is 3.39. The Hall–Kier alpha value is -0.900. The normalized spacial score (nSPS) is 9.50. The summed E-state index contributed by atoms with van der Waals surface area (Å²) in [5, 5.41) is 0. The molecular formula is C8H8BrNO2. The maximum Gasteiger partial charge on any atom is 0.310 e. The summed E-state index contributed by atoms with van der Waals surface area (Å²) in [6, 6.07) is 3.62. The molecule has 1 aromatic rings. The fourth-order valence-corrected chi connectivity index (χ4v) is 0.984. The summed E-state index contributed by atoms with van der Waals surface area (Å²) >= 11 is 3.20. The minimum atomic E-state index is -0.251. The van der Waals surface area contributed by atoms with Gasteiger partial charge in [0.15, 0.2) is 0 Å². The van der Waals surface area contributed by atoms with Crippen LogP contribution in [0.4, 0.5) is 0 Å². The number of aromatic nitrogens is 1. The van der Waals surface area contributed by atoms with E-state index < -0.39 is 0 Å². The van der Waals surface area contributed by atoms with Gasteiger partial charge in [0.2, 0.25) is 0 Å². The van der Waals surface area contributed by atoms with E-state index in [0.29, 0.717) is 0 Å². The number of methoxy groups -OCH3 is 1. The Morgan fingerprint density at radius 1 is 1.67 bits per heavy atom. The number of hydrogen-bond donors (Lipinski definition) is 0. The van der Waals surface area contributed by atoms with Crippen LogP contribution >= 0.6 is 15.9 Å². The van der Waals surface area contributed by atoms with Crippen LogP contribution in [-0.2, 0) is 16.0 Å². The van der Waals surface area contributed by atoms with Gasteiger partial charge in [0.1, 0.15) is 4.60 Å². The van der Waals surface area contributed by atoms with Crippen LogP contribution < -0.4 is 0 Å². The lowest BCUT2D eigenvalue weighted by Gasteiger charge is -1.98. The molecule has 0 unspecified atom stereocenters. The molecule has 12 heavy (non-hydrogen) atoms. The number of nitrogens with zero attached hydrogens (tertiary/aromatic N) is 1. The van der Waals surface area contributed by atoms with E-state index in [4.69, 9.17) is 0 Å². The van der Waals surface area contributed by atoms with Crippen LogP contribution in [0.3, 0.4) is 0 Å². The van der Waals surface area contributed by atoms with Crippen LogP contribution in [0.2, 0.25) is 0 Å². The number of ether oxygens (including phenoxy) is 1. The Morgan fingerprint density at radius 2 is 2.42 bits per heavy atom. The fourth-order valence-electron chi connectivity index (χ4n) is 0.750. The highest BCUT2D eigenvalue weighted by atomic mass is 79.9. The molecule has 4 heteroatoms. The number of esters is 1. The van der Waals surface area contributed by atoms with Gasteiger partial charge < -0.3 is 4.74 Å². The Bertz CT molecular complexity index is 271. The third-order valence-electron chi connectivity index (χ3n) is 1.36. The minimum Gasteiger partial charge on any atom is -0.469 e. The number of carbonyl (C=O) groups is 1. The van der Waals surface area contributed by atoms with Crippen molar-refractivity contribution in [3.63, 3.8) is 0 Å². The lowest BCUT2D eigenvalue weighted by Crippen LogP contribution is -2.04. The highest BCUT2D eigenvalue weighted by Gasteiger charge is 2.01. The molecule has 0 radical (unpaired) electrons. The van der Waals surface area contributed by atoms with E-state index in [1.165, 1.54) is 7.11 Å². The summed E-state index contributed by atoms with van der Waals surface area (Å²) in [7, 11) is 1.37. The molecule has 3 nitrogen and oxygen atoms in total. The second-order valence-electron chi connectivity index (χ2n) is 2.24. The van der Waals surface area contributed by atoms with Crippen molar-refractivity contribution in [3.05, 3.63) is 28.5 Å². The zero-order valence-corrected chi connectivity index (χ0v) is 8.17. The Labute approximate surface area is 78.9 Å². The third kappa shape index (κ3) is 2.62. The van der Waals surface area contributed by atoms with Crippen LogP contribution in [0.15, 0.2) is 22.9 Å². The summed E-state index contributed by atoms with van der Waals surface area (Å²) in [4.78, 5) is 14.8. The lowest BCUT2D eigenvalue weighted by molar-refractivity contribution is -0.139. The summed E-state index contributed by atoms with van der Waals surface area (Å²) in [6.07, 6.45) is 1.91. The zero-order valence-electron chi connectivity index (χ0n) is 6.58. The van der Waals surface area contributed by atoms with Gasteiger partial charge in [0.25, 0.3) is 0 Å². The molecule has 0 atom stereocenters. The highest BCUT2D eigenvalue weighted by Crippen LogP contribution is 2.06. The molecule has 0 aromatic carbocycles. The van der Waals surface area contributed by atoms with Crippen molar-refractivity contribution in [2.45, 2.75) is 6.42 Å². The fraction of sp³-hybridized carbons (Fsp3) is 0.250. The van der Waals surface area contributed by atoms with Crippen molar-refractivity contribution in [3.8, 4) is 0 Å². The van der Waals surface area contributed by atoms with E-state index in [1.807, 2.05) is 6.07 Å². The second kappa shape index (κ2) is 4.21. The quantitative estimate of drug-likeness (QED) is 0.571. The summed E-state index contributed by atoms with van der Waals surface area (Å²) in [6.45, 7) is 0. The first-order valence-corrected chi connectivity index (χ1v) is 4.19. The van der Waals surface area contributed by atoms with Crippen LogP contribution in [0.25, 0.3) is 0 Å². The van der Waals surface area contributed by atoms with E-state index in [-0.39, 0.29) is 12.4 Å². The van der Waals surface area contributed by atoms with E-state index in [0.717, 1.165) is 10.2 Å². The van der Waals surface area contributed by atoms with Crippen molar-refractivity contribution in [1.29, 1.82) is 0 Å². The first kappa shape index (κ1) is 9.19. The molecular weight excluding hydrogens is 222 g/mol. The average Bonchev–Trinajstić information content (AvgIpc) is 2.09. The largest absolute Gasteiger partial charge is 0.469 e. The maximum absolute atomic E-state index is 10.8. The van der Waals surface area contributed by atoms with Crippen LogP contribution in [-0.4, -0.2) is 18.1 Å². The molecule has 0 fully saturated rings. The standard InChI is InChI=1S/C8H8BrNO2/c1-12-8(11)4-6-2-3-7(9)10-5-6/h2-3,5H,4H2,1H3. The predicted octanol–water partition coefficient (Wildman–Crippen LogP) is 1.56. The molecule has 0 saturated carbocycles. The summed E-state index contributed by atoms with van der Waals surface area (Å²) in [5.41, 5.74) is 0.852. The highest BCUT2D eigenvalue weighted by molar-refractivity contribution is 9.10. The van der Waals surface area contributed by atoms with Gasteiger partial charge in [-0.05, 0) is 27.6 Å². The van der Waals surface area contributed by atoms with Gasteiger partial charge in [-0.15, -0.1) is 0 Å². The SMILES string of the molecule is COC(=O)Cc1ccc(Br)nc1. The average molecular weight is 230 g/mol. The predicted molar refractivity (Wildman–Crippen MR) is 47.7 cm³/mol. The molecule has 1 aromatic heterocycles. The Balaban J connectivity index is 2.64. The molecule has 0 saturated heterocycles. The molecule has 0 bridgehead atoms. The van der Waals surface area contributed by atoms with E-state index in [2.05, 4.69) is 25.7 Å². The summed E-state index contributed by atoms with van der Waals surface area (Å²) < 4.78 is 5.27. The van der Waals surface area contributed by atoms with Crippen molar-refractivity contribution in [2.24, 2.45) is 0 Å². The van der Waals surface area contributed by atoms with Gasteiger partial charge in [-0.25, -0.2) is 4.98 Å². The lowest BCUT2D eigenvalue weighted by atomic mass is 10.2. The van der Waals surface area contributed by atoms with E-state index in [1.54, 1.807) is 12.3 Å². The minimum absolute atomic E-state index is 0.251. The number of pyridine rings is 1. The molecule has 0 aliphatic heterocycles. The molecule has 64 valence electrons. The summed E-state index contributed by atoms with van der Waals surface area (Å²) in [5.74, 6) is -0.251. The first-order chi connectivity index (χ1) is 5.72. The zero-order chi connectivity index (χ0) is 8.97. The van der Waals surface area contributed by atoms with E-state index in [9.17, 15) is 4.79 Å². The third-order valence-corrected chi connectivity index (χ3v) is 1.83. The van der Waals surface area contributed by atoms with Gasteiger partial charge in [-0.3, -0.25) is 4.79 Å². The maximum atomic E-state index is 10.8. The second-order valence-corrected chi connectivity index (χ2v) is 3.05. The number of carbonyl (C=O) groups excluding carboxylic acids is 1. The van der Waals surface area contributed by atoms with Gasteiger partial charge in [0.05, 0.1) is 13.5 Å². The molecule has 0 aliphatic carbocycles. The topological polar surface area (TPSA) is 39.2 Å². The number of hydrogen-bond acceptors (Lipinski definition) is 3. The molecule has 0 N–H and O–H groups in total. The Morgan fingerprint density at radius 3 is 2.92 bits per heavy atom. The van der Waals surface area contributed by atoms with Crippen molar-refractivity contribution >= 4 is 21.9 Å². The van der Waals surface area contributed by atoms with Crippen LogP contribution in [0.5, 0.6) is 0 Å². The molecule has 0 aliphatic rings. The molecule has 1 heterocycles. The van der Waals surface area contributed by atoms with Crippen molar-refractivity contribution in [2.75, 3.05) is 7.11 Å².